The Morgan fingerprint density at radius 3 is 2.32 bits per heavy atom. The van der Waals surface area contributed by atoms with Gasteiger partial charge in [-0.2, -0.15) is 0 Å². The normalized spacial score (nSPS) is 19.8. The molecule has 2 rings (SSSR count). The van der Waals surface area contributed by atoms with Crippen molar-refractivity contribution in [3.63, 3.8) is 0 Å². The zero-order valence-electron chi connectivity index (χ0n) is 11.4. The van der Waals surface area contributed by atoms with Gasteiger partial charge < -0.3 is 0 Å². The van der Waals surface area contributed by atoms with Crippen molar-refractivity contribution in [1.82, 2.24) is 0 Å². The number of nitrogens with zero attached hydrogens (tertiary/aromatic N) is 2. The van der Waals surface area contributed by atoms with Crippen LogP contribution in [0.2, 0.25) is 14.8 Å². The maximum absolute atomic E-state index is 12.1. The van der Waals surface area contributed by atoms with Gasteiger partial charge in [0.15, 0.2) is 0 Å². The third-order valence-electron chi connectivity index (χ3n) is 3.55. The summed E-state index contributed by atoms with van der Waals surface area (Å²) in [7, 11) is 0. The first-order valence-electron chi connectivity index (χ1n) is 6.37. The van der Waals surface area contributed by atoms with Crippen molar-refractivity contribution >= 4 is 35.7 Å². The fourth-order valence-electron chi connectivity index (χ4n) is 2.56. The molecule has 0 spiro atoms. The van der Waals surface area contributed by atoms with E-state index in [1.165, 1.54) is 12.1 Å². The molecule has 0 saturated carbocycles. The number of hydrogen-bond acceptors (Lipinski definition) is 3. The molecule has 0 bridgehead atoms. The number of hydrogen-bond donors (Lipinski definition) is 0. The summed E-state index contributed by atoms with van der Waals surface area (Å²) in [6, 6.07) is 6.31. The summed E-state index contributed by atoms with van der Waals surface area (Å²) in [5, 5.41) is 10.7. The fraction of sp³-hybridized carbons (Fsp3) is 0.462. The number of non-ortho nitro benzene ring substituents is 1. The van der Waals surface area contributed by atoms with E-state index in [0.29, 0.717) is 10.5 Å². The van der Waals surface area contributed by atoms with E-state index >= 15 is 0 Å². The SMILES string of the molecule is [CH3][Sn]([CH3])([CH3])[C@@H]1CCC(=O)N1c1ccc([N+](=O)[O-])cc1. The van der Waals surface area contributed by atoms with Crippen LogP contribution in [0.4, 0.5) is 11.4 Å². The van der Waals surface area contributed by atoms with Crippen molar-refractivity contribution in [2.45, 2.75) is 31.7 Å². The quantitative estimate of drug-likeness (QED) is 0.468. The molecule has 0 N–H and O–H groups in total. The summed E-state index contributed by atoms with van der Waals surface area (Å²) >= 11 is -2.23. The van der Waals surface area contributed by atoms with E-state index in [-0.39, 0.29) is 11.6 Å². The first kappa shape index (κ1) is 14.3. The van der Waals surface area contributed by atoms with Gasteiger partial charge in [0.25, 0.3) is 0 Å². The molecule has 0 aliphatic carbocycles. The molecule has 0 aromatic heterocycles. The summed E-state index contributed by atoms with van der Waals surface area (Å²) < 4.78 is 0.350. The molecule has 1 aromatic rings. The average molecular weight is 369 g/mol. The van der Waals surface area contributed by atoms with Crippen LogP contribution in [0.25, 0.3) is 0 Å². The summed E-state index contributed by atoms with van der Waals surface area (Å²) in [6.45, 7) is 0. The predicted molar refractivity (Wildman–Crippen MR) is 77.0 cm³/mol. The Bertz CT molecular complexity index is 508. The molecule has 1 fully saturated rings. The van der Waals surface area contributed by atoms with Gasteiger partial charge in [-0.05, 0) is 0 Å². The second-order valence-electron chi connectivity index (χ2n) is 5.96. The number of nitro groups is 1. The van der Waals surface area contributed by atoms with Crippen molar-refractivity contribution in [3.05, 3.63) is 34.4 Å². The molecule has 19 heavy (non-hydrogen) atoms. The van der Waals surface area contributed by atoms with Gasteiger partial charge in [0.1, 0.15) is 0 Å². The van der Waals surface area contributed by atoms with Crippen LogP contribution in [0.15, 0.2) is 24.3 Å². The van der Waals surface area contributed by atoms with Gasteiger partial charge in [0, 0.05) is 0 Å². The molecule has 1 aromatic carbocycles. The number of carbonyl (C=O) groups is 1. The van der Waals surface area contributed by atoms with Crippen molar-refractivity contribution in [2.24, 2.45) is 0 Å². The van der Waals surface area contributed by atoms with Gasteiger partial charge in [-0.3, -0.25) is 0 Å². The van der Waals surface area contributed by atoms with E-state index < -0.39 is 23.3 Å². The van der Waals surface area contributed by atoms with Crippen LogP contribution in [0, 0.1) is 10.1 Å². The molecule has 1 amide bonds. The summed E-state index contributed by atoms with van der Waals surface area (Å²) in [4.78, 5) is 31.1. The number of carbonyl (C=O) groups excluding carboxylic acids is 1. The van der Waals surface area contributed by atoms with Crippen molar-refractivity contribution in [3.8, 4) is 0 Å². The van der Waals surface area contributed by atoms with Gasteiger partial charge in [-0.15, -0.1) is 0 Å². The molecule has 1 saturated heterocycles. The van der Waals surface area contributed by atoms with Crippen molar-refractivity contribution in [2.75, 3.05) is 4.90 Å². The molecule has 0 radical (unpaired) electrons. The topological polar surface area (TPSA) is 63.5 Å². The van der Waals surface area contributed by atoms with E-state index in [4.69, 9.17) is 0 Å². The number of amides is 1. The fourth-order valence-corrected chi connectivity index (χ4v) is 8.49. The van der Waals surface area contributed by atoms with Crippen molar-refractivity contribution < 1.29 is 9.72 Å². The Morgan fingerprint density at radius 2 is 1.84 bits per heavy atom. The van der Waals surface area contributed by atoms with Crippen LogP contribution in [-0.4, -0.2) is 33.3 Å². The molecule has 1 atom stereocenters. The van der Waals surface area contributed by atoms with E-state index in [1.54, 1.807) is 12.1 Å². The Labute approximate surface area is 116 Å². The van der Waals surface area contributed by atoms with Crippen molar-refractivity contribution in [1.29, 1.82) is 0 Å². The van der Waals surface area contributed by atoms with Crippen LogP contribution in [0.3, 0.4) is 0 Å². The van der Waals surface area contributed by atoms with Crippen LogP contribution < -0.4 is 4.90 Å². The van der Waals surface area contributed by atoms with E-state index in [0.717, 1.165) is 12.1 Å². The monoisotopic (exact) mass is 370 g/mol. The molecule has 1 aliphatic rings. The van der Waals surface area contributed by atoms with Gasteiger partial charge in [-0.1, -0.05) is 0 Å². The number of rotatable bonds is 3. The first-order valence-corrected chi connectivity index (χ1v) is 16.6. The van der Waals surface area contributed by atoms with Gasteiger partial charge in [-0.25, -0.2) is 0 Å². The predicted octanol–water partition coefficient (Wildman–Crippen LogP) is 2.97. The van der Waals surface area contributed by atoms with Gasteiger partial charge in [0.2, 0.25) is 0 Å². The van der Waals surface area contributed by atoms with E-state index in [1.807, 2.05) is 4.90 Å². The standard InChI is InChI=1S/C10H9N2O3.3CH3.Sn/c13-10-2-1-7-11(10)8-3-5-9(6-4-8)12(14)15;;;;/h3-7H,1-2H2;3*1H3;. The summed E-state index contributed by atoms with van der Waals surface area (Å²) in [6.07, 6.45) is 1.52. The molecule has 0 unspecified atom stereocenters. The number of anilines is 1. The van der Waals surface area contributed by atoms with E-state index in [9.17, 15) is 14.9 Å². The average Bonchev–Trinajstić information content (AvgIpc) is 2.71. The molecular formula is C13H18N2O3Sn. The third-order valence-corrected chi connectivity index (χ3v) is 10.8. The molecule has 1 aliphatic heterocycles. The Morgan fingerprint density at radius 1 is 1.26 bits per heavy atom. The summed E-state index contributed by atoms with van der Waals surface area (Å²) in [5.41, 5.74) is 0.857. The van der Waals surface area contributed by atoms with Crippen LogP contribution in [-0.2, 0) is 4.79 Å². The Kier molecular flexibility index (Phi) is 3.85. The Hall–Kier alpha value is -1.11. The number of nitro benzene ring substituents is 1. The Balaban J connectivity index is 2.33. The first-order chi connectivity index (χ1) is 8.80. The molecule has 102 valence electrons. The minimum atomic E-state index is -2.23. The second kappa shape index (κ2) is 5.11. The minimum absolute atomic E-state index is 0.0613. The molecule has 5 nitrogen and oxygen atoms in total. The van der Waals surface area contributed by atoms with Gasteiger partial charge >= 0.3 is 116 Å². The second-order valence-corrected chi connectivity index (χ2v) is 21.4. The zero-order chi connectivity index (χ0) is 14.2. The van der Waals surface area contributed by atoms with Crippen LogP contribution in [0.5, 0.6) is 0 Å². The van der Waals surface area contributed by atoms with Gasteiger partial charge in [0.05, 0.1) is 0 Å². The summed E-state index contributed by atoms with van der Waals surface area (Å²) in [5.74, 6) is 0.144. The van der Waals surface area contributed by atoms with Crippen LogP contribution in [0.1, 0.15) is 12.8 Å². The zero-order valence-corrected chi connectivity index (χ0v) is 14.3. The molecule has 6 heteroatoms. The number of benzene rings is 1. The molecular weight excluding hydrogens is 351 g/mol. The van der Waals surface area contributed by atoms with E-state index in [2.05, 4.69) is 14.8 Å². The maximum atomic E-state index is 12.1. The van der Waals surface area contributed by atoms with Crippen LogP contribution >= 0.6 is 0 Å². The third kappa shape index (κ3) is 2.91. The molecule has 1 heterocycles.